The van der Waals surface area contributed by atoms with Crippen LogP contribution in [0.15, 0.2) is 60.9 Å². The second-order valence-corrected chi connectivity index (χ2v) is 10.1. The zero-order chi connectivity index (χ0) is 26.9. The Kier molecular flexibility index (Phi) is 6.95. The van der Waals surface area contributed by atoms with Gasteiger partial charge in [0.15, 0.2) is 23.6 Å². The zero-order valence-electron chi connectivity index (χ0n) is 21.6. The number of rotatable bonds is 6. The molecule has 10 heteroatoms. The molecule has 0 saturated carbocycles. The van der Waals surface area contributed by atoms with Crippen LogP contribution in [-0.4, -0.2) is 56.6 Å². The summed E-state index contributed by atoms with van der Waals surface area (Å²) < 4.78 is 50.1. The van der Waals surface area contributed by atoms with E-state index in [1.807, 2.05) is 36.3 Å². The van der Waals surface area contributed by atoms with E-state index in [-0.39, 0.29) is 12.3 Å². The normalized spacial score (nSPS) is 19.6. The quantitative estimate of drug-likeness (QED) is 0.357. The van der Waals surface area contributed by atoms with Crippen LogP contribution in [0.2, 0.25) is 0 Å². The van der Waals surface area contributed by atoms with Gasteiger partial charge in [0.1, 0.15) is 17.6 Å². The average Bonchev–Trinajstić information content (AvgIpc) is 3.37. The molecule has 202 valence electrons. The van der Waals surface area contributed by atoms with Crippen LogP contribution in [0.25, 0.3) is 11.3 Å². The largest absolute Gasteiger partial charge is 0.484 e. The number of ether oxygens (including phenoxy) is 1. The van der Waals surface area contributed by atoms with E-state index in [0.717, 1.165) is 48.6 Å². The minimum atomic E-state index is -1.40. The van der Waals surface area contributed by atoms with Gasteiger partial charge in [0.05, 0.1) is 24.1 Å². The highest BCUT2D eigenvalue weighted by Gasteiger charge is 2.34. The molecule has 0 amide bonds. The molecule has 1 saturated heterocycles. The van der Waals surface area contributed by atoms with E-state index in [1.165, 1.54) is 11.6 Å². The molecule has 2 aliphatic heterocycles. The number of benzene rings is 2. The molecule has 7 nitrogen and oxygen atoms in total. The lowest BCUT2D eigenvalue weighted by atomic mass is 10.0. The summed E-state index contributed by atoms with van der Waals surface area (Å²) >= 11 is 0. The summed E-state index contributed by atoms with van der Waals surface area (Å²) in [7, 11) is 1.84. The summed E-state index contributed by atoms with van der Waals surface area (Å²) in [4.78, 5) is 14.3. The van der Waals surface area contributed by atoms with Crippen LogP contribution < -0.4 is 9.64 Å². The maximum absolute atomic E-state index is 15.4. The molecule has 39 heavy (non-hydrogen) atoms. The van der Waals surface area contributed by atoms with Crippen molar-refractivity contribution in [1.82, 2.24) is 24.6 Å². The molecule has 1 fully saturated rings. The van der Waals surface area contributed by atoms with Crippen LogP contribution in [0.3, 0.4) is 0 Å². The Balaban J connectivity index is 1.24. The summed E-state index contributed by atoms with van der Waals surface area (Å²) in [6.07, 6.45) is 2.44. The topological polar surface area (TPSA) is 59.3 Å². The van der Waals surface area contributed by atoms with Gasteiger partial charge >= 0.3 is 0 Å². The third-order valence-corrected chi connectivity index (χ3v) is 7.25. The molecule has 2 aromatic carbocycles. The Morgan fingerprint density at radius 1 is 1.03 bits per heavy atom. The highest BCUT2D eigenvalue weighted by Crippen LogP contribution is 2.33. The van der Waals surface area contributed by atoms with Crippen molar-refractivity contribution in [3.8, 4) is 17.0 Å². The molecule has 0 aliphatic carbocycles. The van der Waals surface area contributed by atoms with E-state index < -0.39 is 23.9 Å². The zero-order valence-corrected chi connectivity index (χ0v) is 21.6. The maximum atomic E-state index is 15.4. The molecule has 0 radical (unpaired) electrons. The van der Waals surface area contributed by atoms with Crippen LogP contribution in [-0.2, 0) is 26.6 Å². The predicted octanol–water partition coefficient (Wildman–Crippen LogP) is 4.71. The van der Waals surface area contributed by atoms with Gasteiger partial charge in [0.2, 0.25) is 0 Å². The molecule has 0 bridgehead atoms. The first-order chi connectivity index (χ1) is 18.9. The first-order valence-electron chi connectivity index (χ1n) is 13.1. The lowest BCUT2D eigenvalue weighted by molar-refractivity contribution is 0.0782. The van der Waals surface area contributed by atoms with Crippen LogP contribution in [0.5, 0.6) is 5.75 Å². The number of hydrogen-bond acceptors (Lipinski definition) is 6. The molecule has 2 atom stereocenters. The van der Waals surface area contributed by atoms with E-state index in [2.05, 4.69) is 22.1 Å². The third kappa shape index (κ3) is 5.47. The summed E-state index contributed by atoms with van der Waals surface area (Å²) in [5.74, 6) is -1.08. The number of fused-ring (bicyclic) bond motifs is 1. The van der Waals surface area contributed by atoms with E-state index in [0.29, 0.717) is 31.0 Å². The number of halogens is 3. The number of hydrogen-bond donors (Lipinski definition) is 0. The summed E-state index contributed by atoms with van der Waals surface area (Å²) in [5.41, 5.74) is 4.56. The third-order valence-electron chi connectivity index (χ3n) is 7.25. The van der Waals surface area contributed by atoms with Gasteiger partial charge in [0, 0.05) is 63.9 Å². The van der Waals surface area contributed by atoms with E-state index >= 15 is 4.39 Å². The SMILES string of the molecule is Cn1cc(-c2nc3c(nc2N2CC[C@H](Oc4ccc(F)cc4F)[C@H](F)C2)CCN(Cc2ccccc2)C3)cn1. The molecule has 6 rings (SSSR count). The first kappa shape index (κ1) is 25.4. The Hall–Kier alpha value is -3.92. The standard InChI is InChI=1S/C29H29F3N6O/c1-36-16-20(14-33-36)28-29(35-24-9-11-37(18-25(24)34-28)15-19-5-3-2-4-6-19)38-12-10-27(23(32)17-38)39-26-8-7-21(30)13-22(26)31/h2-8,13-14,16,23,27H,9-12,15,17-18H2,1H3/t23-,27+/m1/s1. The number of alkyl halides is 1. The monoisotopic (exact) mass is 534 g/mol. The van der Waals surface area contributed by atoms with Crippen LogP contribution in [0, 0.1) is 11.6 Å². The van der Waals surface area contributed by atoms with Crippen molar-refractivity contribution in [1.29, 1.82) is 0 Å². The Morgan fingerprint density at radius 2 is 1.87 bits per heavy atom. The van der Waals surface area contributed by atoms with Gasteiger partial charge in [-0.1, -0.05) is 30.3 Å². The molecule has 4 heterocycles. The minimum absolute atomic E-state index is 0.0222. The molecule has 2 aliphatic rings. The average molecular weight is 535 g/mol. The smallest absolute Gasteiger partial charge is 0.167 e. The highest BCUT2D eigenvalue weighted by molar-refractivity contribution is 5.72. The number of nitrogens with zero attached hydrogens (tertiary/aromatic N) is 6. The predicted molar refractivity (Wildman–Crippen MR) is 141 cm³/mol. The van der Waals surface area contributed by atoms with Gasteiger partial charge < -0.3 is 9.64 Å². The first-order valence-corrected chi connectivity index (χ1v) is 13.1. The van der Waals surface area contributed by atoms with Gasteiger partial charge in [0.25, 0.3) is 0 Å². The number of piperidine rings is 1. The van der Waals surface area contributed by atoms with Gasteiger partial charge in [-0.3, -0.25) is 9.58 Å². The van der Waals surface area contributed by atoms with Gasteiger partial charge in [-0.05, 0) is 17.7 Å². The maximum Gasteiger partial charge on any atom is 0.167 e. The van der Waals surface area contributed by atoms with Crippen molar-refractivity contribution >= 4 is 5.82 Å². The van der Waals surface area contributed by atoms with E-state index in [9.17, 15) is 8.78 Å². The molecule has 0 unspecified atom stereocenters. The number of anilines is 1. The molecule has 4 aromatic rings. The summed E-state index contributed by atoms with van der Waals surface area (Å²) in [6.45, 7) is 2.84. The van der Waals surface area contributed by atoms with Crippen molar-refractivity contribution < 1.29 is 17.9 Å². The second kappa shape index (κ2) is 10.7. The van der Waals surface area contributed by atoms with E-state index in [4.69, 9.17) is 14.7 Å². The Morgan fingerprint density at radius 3 is 2.62 bits per heavy atom. The molecule has 2 aromatic heterocycles. The van der Waals surface area contributed by atoms with Crippen molar-refractivity contribution in [2.24, 2.45) is 7.05 Å². The van der Waals surface area contributed by atoms with Gasteiger partial charge in [-0.2, -0.15) is 5.10 Å². The van der Waals surface area contributed by atoms with Crippen molar-refractivity contribution in [2.45, 2.75) is 38.2 Å². The van der Waals surface area contributed by atoms with Gasteiger partial charge in [-0.25, -0.2) is 23.1 Å². The summed E-state index contributed by atoms with van der Waals surface area (Å²) in [6, 6.07) is 13.4. The number of aromatic nitrogens is 4. The van der Waals surface area contributed by atoms with Crippen LogP contribution >= 0.6 is 0 Å². The summed E-state index contributed by atoms with van der Waals surface area (Å²) in [5, 5.41) is 4.31. The Bertz CT molecular complexity index is 1460. The molecular weight excluding hydrogens is 505 g/mol. The van der Waals surface area contributed by atoms with Crippen molar-refractivity contribution in [2.75, 3.05) is 24.5 Å². The fourth-order valence-corrected chi connectivity index (χ4v) is 5.25. The minimum Gasteiger partial charge on any atom is -0.484 e. The second-order valence-electron chi connectivity index (χ2n) is 10.1. The number of aryl methyl sites for hydroxylation is 1. The lowest BCUT2D eigenvalue weighted by Gasteiger charge is -2.37. The van der Waals surface area contributed by atoms with Crippen LogP contribution in [0.1, 0.15) is 23.4 Å². The Labute approximate surface area is 224 Å². The molecular formula is C29H29F3N6O. The fourth-order valence-electron chi connectivity index (χ4n) is 5.25. The van der Waals surface area contributed by atoms with Crippen molar-refractivity contribution in [3.63, 3.8) is 0 Å². The van der Waals surface area contributed by atoms with Gasteiger partial charge in [-0.15, -0.1) is 0 Å². The van der Waals surface area contributed by atoms with E-state index in [1.54, 1.807) is 10.9 Å². The molecule has 0 spiro atoms. The highest BCUT2D eigenvalue weighted by atomic mass is 19.1. The fraction of sp³-hybridized carbons (Fsp3) is 0.345. The van der Waals surface area contributed by atoms with Crippen molar-refractivity contribution in [3.05, 3.63) is 89.5 Å². The molecule has 0 N–H and O–H groups in total. The lowest BCUT2D eigenvalue weighted by Crippen LogP contribution is -2.48. The van der Waals surface area contributed by atoms with Crippen LogP contribution in [0.4, 0.5) is 19.0 Å².